The van der Waals surface area contributed by atoms with E-state index in [1.807, 2.05) is 24.0 Å². The second kappa shape index (κ2) is 6.06. The van der Waals surface area contributed by atoms with E-state index in [-0.39, 0.29) is 11.4 Å². The summed E-state index contributed by atoms with van der Waals surface area (Å²) in [5.74, 6) is 0.497. The van der Waals surface area contributed by atoms with Crippen LogP contribution in [0.2, 0.25) is 0 Å². The van der Waals surface area contributed by atoms with Crippen molar-refractivity contribution < 1.29 is 4.79 Å². The number of aryl methyl sites for hydroxylation is 1. The summed E-state index contributed by atoms with van der Waals surface area (Å²) >= 11 is 0. The molecule has 1 spiro atoms. The lowest BCUT2D eigenvalue weighted by molar-refractivity contribution is -0.120. The first-order valence-corrected chi connectivity index (χ1v) is 8.70. The Morgan fingerprint density at radius 3 is 2.67 bits per heavy atom. The zero-order valence-electron chi connectivity index (χ0n) is 14.1. The lowest BCUT2D eigenvalue weighted by atomic mass is 9.74. The van der Waals surface area contributed by atoms with Gasteiger partial charge in [0, 0.05) is 56.3 Å². The summed E-state index contributed by atoms with van der Waals surface area (Å²) < 4.78 is 1.85. The van der Waals surface area contributed by atoms with Crippen molar-refractivity contribution in [3.8, 4) is 0 Å². The lowest BCUT2D eigenvalue weighted by Gasteiger charge is -2.43. The van der Waals surface area contributed by atoms with E-state index in [1.165, 1.54) is 11.1 Å². The topological polar surface area (TPSA) is 50.2 Å². The Morgan fingerprint density at radius 1 is 1.25 bits per heavy atom. The van der Waals surface area contributed by atoms with E-state index >= 15 is 0 Å². The van der Waals surface area contributed by atoms with Crippen LogP contribution in [0, 0.1) is 0 Å². The van der Waals surface area contributed by atoms with Crippen LogP contribution in [0.5, 0.6) is 0 Å². The first-order chi connectivity index (χ1) is 11.6. The molecule has 1 aromatic heterocycles. The van der Waals surface area contributed by atoms with Crippen molar-refractivity contribution in [2.75, 3.05) is 13.1 Å². The van der Waals surface area contributed by atoms with Gasteiger partial charge in [0.05, 0.1) is 6.20 Å². The molecule has 24 heavy (non-hydrogen) atoms. The first kappa shape index (κ1) is 15.4. The third kappa shape index (κ3) is 2.84. The van der Waals surface area contributed by atoms with Gasteiger partial charge in [-0.3, -0.25) is 14.4 Å². The van der Waals surface area contributed by atoms with E-state index in [9.17, 15) is 4.79 Å². The second-order valence-corrected chi connectivity index (χ2v) is 7.17. The molecule has 0 bridgehead atoms. The van der Waals surface area contributed by atoms with Crippen molar-refractivity contribution in [2.24, 2.45) is 7.05 Å². The fourth-order valence-corrected chi connectivity index (χ4v) is 4.31. The van der Waals surface area contributed by atoms with Crippen LogP contribution in [0.25, 0.3) is 0 Å². The highest BCUT2D eigenvalue weighted by Gasteiger charge is 2.48. The van der Waals surface area contributed by atoms with Crippen molar-refractivity contribution in [2.45, 2.75) is 37.3 Å². The average Bonchev–Trinajstić information content (AvgIpc) is 3.14. The molecule has 2 aromatic rings. The van der Waals surface area contributed by atoms with Crippen LogP contribution < -0.4 is 5.32 Å². The van der Waals surface area contributed by atoms with Gasteiger partial charge in [-0.05, 0) is 18.4 Å². The van der Waals surface area contributed by atoms with E-state index in [2.05, 4.69) is 45.8 Å². The van der Waals surface area contributed by atoms with Crippen LogP contribution in [0.15, 0.2) is 42.7 Å². The summed E-state index contributed by atoms with van der Waals surface area (Å²) in [5.41, 5.74) is 2.48. The molecule has 2 saturated heterocycles. The molecule has 126 valence electrons. The number of rotatable bonds is 3. The quantitative estimate of drug-likeness (QED) is 0.940. The highest BCUT2D eigenvalue weighted by molar-refractivity contribution is 5.81. The summed E-state index contributed by atoms with van der Waals surface area (Å²) in [6.45, 7) is 2.96. The number of piperidine rings is 1. The van der Waals surface area contributed by atoms with E-state index in [1.54, 1.807) is 0 Å². The molecular weight excluding hydrogens is 300 g/mol. The Labute approximate surface area is 142 Å². The molecule has 2 aliphatic rings. The largest absolute Gasteiger partial charge is 0.350 e. The molecule has 2 fully saturated rings. The number of benzene rings is 1. The van der Waals surface area contributed by atoms with Gasteiger partial charge in [-0.25, -0.2) is 0 Å². The molecule has 0 unspecified atom stereocenters. The third-order valence-corrected chi connectivity index (χ3v) is 5.56. The number of likely N-dealkylation sites (tertiary alicyclic amines) is 1. The maximum absolute atomic E-state index is 12.1. The van der Waals surface area contributed by atoms with E-state index in [0.29, 0.717) is 12.3 Å². The molecule has 1 aromatic carbocycles. The van der Waals surface area contributed by atoms with Crippen LogP contribution >= 0.6 is 0 Å². The standard InChI is InChI=1S/C19H24N4O/c1-22-13-15(12-20-22)14-23-9-7-19(8-10-23)17(11-18(24)21-19)16-5-3-2-4-6-16/h2-6,12-13,17H,7-11,14H2,1H3,(H,21,24)/t17-/m0/s1. The number of hydrogen-bond donors (Lipinski definition) is 1. The Balaban J connectivity index is 1.47. The molecule has 1 atom stereocenters. The van der Waals surface area contributed by atoms with Gasteiger partial charge >= 0.3 is 0 Å². The predicted octanol–water partition coefficient (Wildman–Crippen LogP) is 2.06. The summed E-state index contributed by atoms with van der Waals surface area (Å²) in [7, 11) is 1.95. The molecule has 0 saturated carbocycles. The molecule has 5 nitrogen and oxygen atoms in total. The zero-order valence-corrected chi connectivity index (χ0v) is 14.1. The predicted molar refractivity (Wildman–Crippen MR) is 92.4 cm³/mol. The van der Waals surface area contributed by atoms with Gasteiger partial charge in [-0.2, -0.15) is 5.10 Å². The number of carbonyl (C=O) groups excluding carboxylic acids is 1. The Bertz CT molecular complexity index is 716. The molecule has 0 radical (unpaired) electrons. The lowest BCUT2D eigenvalue weighted by Crippen LogP contribution is -2.53. The molecular formula is C19H24N4O. The number of aromatic nitrogens is 2. The number of nitrogens with one attached hydrogen (secondary N) is 1. The maximum Gasteiger partial charge on any atom is 0.221 e. The normalized spacial score (nSPS) is 23.5. The van der Waals surface area contributed by atoms with Crippen LogP contribution in [-0.4, -0.2) is 39.2 Å². The van der Waals surface area contributed by atoms with Gasteiger partial charge < -0.3 is 5.32 Å². The van der Waals surface area contributed by atoms with E-state index in [4.69, 9.17) is 0 Å². The van der Waals surface area contributed by atoms with Crippen LogP contribution in [-0.2, 0) is 18.4 Å². The molecule has 1 amide bonds. The maximum atomic E-state index is 12.1. The van der Waals surface area contributed by atoms with Gasteiger partial charge in [-0.1, -0.05) is 30.3 Å². The molecule has 3 heterocycles. The third-order valence-electron chi connectivity index (χ3n) is 5.56. The first-order valence-electron chi connectivity index (χ1n) is 8.70. The molecule has 5 heteroatoms. The molecule has 1 N–H and O–H groups in total. The molecule has 0 aliphatic carbocycles. The number of nitrogens with zero attached hydrogens (tertiary/aromatic N) is 3. The summed E-state index contributed by atoms with van der Waals surface area (Å²) in [6, 6.07) is 10.5. The van der Waals surface area contributed by atoms with Gasteiger partial charge in [0.1, 0.15) is 0 Å². The van der Waals surface area contributed by atoms with Crippen LogP contribution in [0.1, 0.15) is 36.3 Å². The monoisotopic (exact) mass is 324 g/mol. The van der Waals surface area contributed by atoms with Crippen molar-refractivity contribution in [3.05, 3.63) is 53.9 Å². The van der Waals surface area contributed by atoms with Gasteiger partial charge in [0.2, 0.25) is 5.91 Å². The summed E-state index contributed by atoms with van der Waals surface area (Å²) in [5, 5.41) is 7.57. The molecule has 2 aliphatic heterocycles. The fourth-order valence-electron chi connectivity index (χ4n) is 4.31. The molecule has 4 rings (SSSR count). The minimum atomic E-state index is -0.0656. The van der Waals surface area contributed by atoms with Crippen molar-refractivity contribution in [3.63, 3.8) is 0 Å². The summed E-state index contributed by atoms with van der Waals surface area (Å²) in [4.78, 5) is 14.6. The highest BCUT2D eigenvalue weighted by Crippen LogP contribution is 2.43. The van der Waals surface area contributed by atoms with Crippen LogP contribution in [0.3, 0.4) is 0 Å². The minimum Gasteiger partial charge on any atom is -0.350 e. The Kier molecular flexibility index (Phi) is 3.88. The number of amides is 1. The fraction of sp³-hybridized carbons (Fsp3) is 0.474. The van der Waals surface area contributed by atoms with Gasteiger partial charge in [-0.15, -0.1) is 0 Å². The highest BCUT2D eigenvalue weighted by atomic mass is 16.2. The second-order valence-electron chi connectivity index (χ2n) is 7.17. The minimum absolute atomic E-state index is 0.0656. The van der Waals surface area contributed by atoms with Crippen LogP contribution in [0.4, 0.5) is 0 Å². The van der Waals surface area contributed by atoms with Crippen molar-refractivity contribution >= 4 is 5.91 Å². The summed E-state index contributed by atoms with van der Waals surface area (Å²) in [6.07, 6.45) is 6.66. The van der Waals surface area contributed by atoms with Gasteiger partial charge in [0.25, 0.3) is 0 Å². The van der Waals surface area contributed by atoms with E-state index in [0.717, 1.165) is 32.5 Å². The SMILES string of the molecule is Cn1cc(CN2CCC3(CC2)NC(=O)C[C@H]3c2ccccc2)cn1. The van der Waals surface area contributed by atoms with Crippen molar-refractivity contribution in [1.82, 2.24) is 20.0 Å². The van der Waals surface area contributed by atoms with Gasteiger partial charge in [0.15, 0.2) is 0 Å². The average molecular weight is 324 g/mol. The Hall–Kier alpha value is -2.14. The Morgan fingerprint density at radius 2 is 2.00 bits per heavy atom. The number of carbonyl (C=O) groups is 1. The zero-order chi connectivity index (χ0) is 16.6. The smallest absolute Gasteiger partial charge is 0.221 e. The van der Waals surface area contributed by atoms with Crippen molar-refractivity contribution in [1.29, 1.82) is 0 Å². The van der Waals surface area contributed by atoms with E-state index < -0.39 is 0 Å². The number of hydrogen-bond acceptors (Lipinski definition) is 3.